The molecule has 2 aliphatic carbocycles. The van der Waals surface area contributed by atoms with Crippen LogP contribution in [0.5, 0.6) is 0 Å². The number of hydrogen-bond donors (Lipinski definition) is 0. The van der Waals surface area contributed by atoms with E-state index < -0.39 is 24.2 Å². The van der Waals surface area contributed by atoms with Crippen LogP contribution in [0.3, 0.4) is 0 Å². The molecule has 6 heteroatoms. The van der Waals surface area contributed by atoms with Crippen molar-refractivity contribution in [1.29, 1.82) is 0 Å². The van der Waals surface area contributed by atoms with Gasteiger partial charge in [0.25, 0.3) is 5.79 Å². The second-order valence-corrected chi connectivity index (χ2v) is 4.71. The molecule has 0 N–H and O–H groups in total. The molecule has 1 heterocycles. The van der Waals surface area contributed by atoms with E-state index in [0.29, 0.717) is 6.42 Å². The lowest BCUT2D eigenvalue weighted by Gasteiger charge is -2.29. The van der Waals surface area contributed by atoms with Crippen LogP contribution in [0.2, 0.25) is 0 Å². The first-order valence-corrected chi connectivity index (χ1v) is 5.26. The molecule has 0 amide bonds. The van der Waals surface area contributed by atoms with Gasteiger partial charge < -0.3 is 9.47 Å². The first kappa shape index (κ1) is 9.99. The third-order valence-corrected chi connectivity index (χ3v) is 3.83. The number of halogens is 2. The van der Waals surface area contributed by atoms with Crippen LogP contribution in [0.1, 0.15) is 19.3 Å². The summed E-state index contributed by atoms with van der Waals surface area (Å²) in [5.74, 6) is -3.60. The molecule has 4 unspecified atom stereocenters. The minimum Gasteiger partial charge on any atom is -0.422 e. The number of ether oxygens (including phenoxy) is 2. The van der Waals surface area contributed by atoms with E-state index in [-0.39, 0.29) is 17.8 Å². The van der Waals surface area contributed by atoms with Crippen molar-refractivity contribution < 1.29 is 27.8 Å². The fourth-order valence-corrected chi connectivity index (χ4v) is 3.33. The largest absolute Gasteiger partial charge is 0.422 e. The predicted octanol–water partition coefficient (Wildman–Crippen LogP) is 1.09. The number of carbonyl (C=O) groups is 2. The Balaban J connectivity index is 1.84. The smallest absolute Gasteiger partial charge is 0.377 e. The van der Waals surface area contributed by atoms with Gasteiger partial charge in [0.1, 0.15) is 0 Å². The summed E-state index contributed by atoms with van der Waals surface area (Å²) in [6.45, 7) is 0. The van der Waals surface area contributed by atoms with Crippen LogP contribution in [0.15, 0.2) is 0 Å². The SMILES string of the molecule is O=C(OC12CC3CC(C(=O)O1)C2C3)C(F)F. The molecule has 0 aromatic rings. The lowest BCUT2D eigenvalue weighted by atomic mass is 9.87. The zero-order chi connectivity index (χ0) is 11.5. The van der Waals surface area contributed by atoms with Crippen molar-refractivity contribution in [3.8, 4) is 0 Å². The Morgan fingerprint density at radius 1 is 1.50 bits per heavy atom. The quantitative estimate of drug-likeness (QED) is 0.669. The van der Waals surface area contributed by atoms with E-state index >= 15 is 0 Å². The summed E-state index contributed by atoms with van der Waals surface area (Å²) in [5, 5.41) is 0. The molecular formula is C10H10F2O4. The Hall–Kier alpha value is -1.20. The summed E-state index contributed by atoms with van der Waals surface area (Å²) in [4.78, 5) is 22.3. The highest BCUT2D eigenvalue weighted by molar-refractivity contribution is 5.79. The maximum Gasteiger partial charge on any atom is 0.377 e. The number of rotatable bonds is 2. The molecule has 4 atom stereocenters. The second kappa shape index (κ2) is 2.93. The van der Waals surface area contributed by atoms with Crippen molar-refractivity contribution in [2.24, 2.45) is 17.8 Å². The van der Waals surface area contributed by atoms with E-state index in [1.165, 1.54) is 0 Å². The van der Waals surface area contributed by atoms with Crippen molar-refractivity contribution in [3.05, 3.63) is 0 Å². The highest BCUT2D eigenvalue weighted by Crippen LogP contribution is 2.60. The Bertz CT molecular complexity index is 370. The van der Waals surface area contributed by atoms with Gasteiger partial charge in [-0.25, -0.2) is 4.79 Å². The van der Waals surface area contributed by atoms with Crippen LogP contribution in [0.25, 0.3) is 0 Å². The molecule has 4 nitrogen and oxygen atoms in total. The van der Waals surface area contributed by atoms with Gasteiger partial charge in [0.2, 0.25) is 0 Å². The highest BCUT2D eigenvalue weighted by atomic mass is 19.3. The number of carbonyl (C=O) groups excluding carboxylic acids is 2. The summed E-state index contributed by atoms with van der Waals surface area (Å²) in [5.41, 5.74) is 0. The monoisotopic (exact) mass is 232 g/mol. The number of alkyl halides is 2. The fourth-order valence-electron chi connectivity index (χ4n) is 3.33. The van der Waals surface area contributed by atoms with Crippen molar-refractivity contribution >= 4 is 11.9 Å². The van der Waals surface area contributed by atoms with Crippen molar-refractivity contribution in [2.75, 3.05) is 0 Å². The van der Waals surface area contributed by atoms with Gasteiger partial charge in [-0.3, -0.25) is 4.79 Å². The number of fused-ring (bicyclic) bond motifs is 1. The molecule has 1 saturated heterocycles. The van der Waals surface area contributed by atoms with Gasteiger partial charge in [0, 0.05) is 6.42 Å². The third kappa shape index (κ3) is 1.13. The van der Waals surface area contributed by atoms with Gasteiger partial charge in [-0.1, -0.05) is 0 Å². The van der Waals surface area contributed by atoms with E-state index in [0.717, 1.165) is 12.8 Å². The average molecular weight is 232 g/mol. The van der Waals surface area contributed by atoms with E-state index in [2.05, 4.69) is 0 Å². The topological polar surface area (TPSA) is 52.6 Å². The second-order valence-electron chi connectivity index (χ2n) is 4.71. The van der Waals surface area contributed by atoms with Crippen LogP contribution in [0, 0.1) is 17.8 Å². The summed E-state index contributed by atoms with van der Waals surface area (Å²) in [7, 11) is 0. The molecule has 2 saturated carbocycles. The lowest BCUT2D eigenvalue weighted by molar-refractivity contribution is -0.230. The van der Waals surface area contributed by atoms with Gasteiger partial charge in [0.15, 0.2) is 0 Å². The molecule has 0 aromatic heterocycles. The van der Waals surface area contributed by atoms with E-state index in [9.17, 15) is 18.4 Å². The van der Waals surface area contributed by atoms with Crippen LogP contribution in [0.4, 0.5) is 8.78 Å². The summed E-state index contributed by atoms with van der Waals surface area (Å²) >= 11 is 0. The van der Waals surface area contributed by atoms with Gasteiger partial charge >= 0.3 is 18.4 Å². The standard InChI is InChI=1S/C10H10F2O4/c11-7(12)9(14)16-10-3-4-1-5(6(10)2-4)8(13)15-10/h4-7H,1-3H2. The van der Waals surface area contributed by atoms with Crippen LogP contribution < -0.4 is 0 Å². The van der Waals surface area contributed by atoms with Crippen molar-refractivity contribution in [2.45, 2.75) is 31.5 Å². The predicted molar refractivity (Wildman–Crippen MR) is 45.2 cm³/mol. The van der Waals surface area contributed by atoms with Crippen molar-refractivity contribution in [3.63, 3.8) is 0 Å². The van der Waals surface area contributed by atoms with E-state index in [4.69, 9.17) is 9.47 Å². The zero-order valence-electron chi connectivity index (χ0n) is 8.32. The molecule has 3 aliphatic rings. The van der Waals surface area contributed by atoms with Gasteiger partial charge in [-0.15, -0.1) is 0 Å². The summed E-state index contributed by atoms with van der Waals surface area (Å²) < 4.78 is 34.0. The Morgan fingerprint density at radius 3 is 2.88 bits per heavy atom. The summed E-state index contributed by atoms with van der Waals surface area (Å²) in [6, 6.07) is 0. The zero-order valence-corrected chi connectivity index (χ0v) is 8.32. The normalized spacial score (nSPS) is 43.9. The molecule has 2 bridgehead atoms. The Kier molecular flexibility index (Phi) is 1.83. The molecular weight excluding hydrogens is 222 g/mol. The molecule has 0 radical (unpaired) electrons. The minimum absolute atomic E-state index is 0.215. The van der Waals surface area contributed by atoms with E-state index in [1.807, 2.05) is 0 Å². The molecule has 3 rings (SSSR count). The van der Waals surface area contributed by atoms with Crippen LogP contribution in [-0.4, -0.2) is 24.2 Å². The van der Waals surface area contributed by atoms with E-state index in [1.54, 1.807) is 0 Å². The Labute approximate surface area is 89.9 Å². The van der Waals surface area contributed by atoms with Gasteiger partial charge in [-0.05, 0) is 18.8 Å². The van der Waals surface area contributed by atoms with Gasteiger partial charge in [-0.2, -0.15) is 8.78 Å². The molecule has 0 aromatic carbocycles. The number of esters is 2. The highest BCUT2D eigenvalue weighted by Gasteiger charge is 2.68. The average Bonchev–Trinajstić information content (AvgIpc) is 2.76. The molecule has 3 fully saturated rings. The molecule has 1 aliphatic heterocycles. The van der Waals surface area contributed by atoms with Crippen LogP contribution >= 0.6 is 0 Å². The fraction of sp³-hybridized carbons (Fsp3) is 0.800. The van der Waals surface area contributed by atoms with Gasteiger partial charge in [0.05, 0.1) is 11.8 Å². The molecule has 0 spiro atoms. The third-order valence-electron chi connectivity index (χ3n) is 3.83. The Morgan fingerprint density at radius 2 is 2.25 bits per heavy atom. The maximum atomic E-state index is 12.1. The first-order chi connectivity index (χ1) is 7.52. The number of hydrogen-bond acceptors (Lipinski definition) is 4. The molecule has 88 valence electrons. The minimum atomic E-state index is -3.17. The molecule has 16 heavy (non-hydrogen) atoms. The first-order valence-electron chi connectivity index (χ1n) is 5.26. The van der Waals surface area contributed by atoms with Crippen molar-refractivity contribution in [1.82, 2.24) is 0 Å². The van der Waals surface area contributed by atoms with Crippen LogP contribution in [-0.2, 0) is 19.1 Å². The summed E-state index contributed by atoms with van der Waals surface area (Å²) in [6.07, 6.45) is -1.34. The maximum absolute atomic E-state index is 12.1. The lowest BCUT2D eigenvalue weighted by Crippen LogP contribution is -2.40.